The number of carbonyl (C=O) groups excluding carboxylic acids is 3. The monoisotopic (exact) mass is 363 g/mol. The number of benzene rings is 2. The van der Waals surface area contributed by atoms with E-state index in [9.17, 15) is 14.4 Å². The summed E-state index contributed by atoms with van der Waals surface area (Å²) in [6.45, 7) is 4.22. The molecule has 1 N–H and O–H groups in total. The lowest BCUT2D eigenvalue weighted by atomic mass is 9.73. The van der Waals surface area contributed by atoms with Crippen molar-refractivity contribution in [1.82, 2.24) is 10.2 Å². The van der Waals surface area contributed by atoms with Crippen molar-refractivity contribution in [3.63, 3.8) is 0 Å². The number of likely N-dealkylation sites (N-methyl/N-ethyl adjacent to an activating group) is 1. The second kappa shape index (κ2) is 5.39. The zero-order valence-corrected chi connectivity index (χ0v) is 15.4. The molecule has 2 saturated heterocycles. The molecule has 0 spiro atoms. The van der Waals surface area contributed by atoms with Gasteiger partial charge in [0.2, 0.25) is 11.8 Å². The van der Waals surface area contributed by atoms with Crippen LogP contribution >= 0.6 is 0 Å². The molecule has 0 saturated carbocycles. The lowest BCUT2D eigenvalue weighted by Gasteiger charge is -2.47. The second-order valence-electron chi connectivity index (χ2n) is 8.24. The molecule has 6 heteroatoms. The predicted octanol–water partition coefficient (Wildman–Crippen LogP) is 1.81. The molecule has 2 fully saturated rings. The average Bonchev–Trinajstić information content (AvgIpc) is 2.88. The van der Waals surface area contributed by atoms with Gasteiger partial charge >= 0.3 is 0 Å². The van der Waals surface area contributed by atoms with Crippen LogP contribution in [0.2, 0.25) is 0 Å². The lowest BCUT2D eigenvalue weighted by molar-refractivity contribution is -0.134. The smallest absolute Gasteiger partial charge is 0.259 e. The van der Waals surface area contributed by atoms with Crippen molar-refractivity contribution >= 4 is 34.2 Å². The van der Waals surface area contributed by atoms with Gasteiger partial charge in [-0.2, -0.15) is 0 Å². The zero-order valence-electron chi connectivity index (χ0n) is 15.4. The maximum absolute atomic E-state index is 13.2. The normalized spacial score (nSPS) is 24.3. The zero-order chi connectivity index (χ0) is 18.9. The molecule has 0 aromatic heterocycles. The molecule has 138 valence electrons. The van der Waals surface area contributed by atoms with Crippen LogP contribution in [0.4, 0.5) is 5.69 Å². The fraction of sp³-hybridized carbons (Fsp3) is 0.381. The van der Waals surface area contributed by atoms with Crippen LogP contribution in [0.5, 0.6) is 0 Å². The van der Waals surface area contributed by atoms with Gasteiger partial charge in [0.15, 0.2) is 0 Å². The summed E-state index contributed by atoms with van der Waals surface area (Å²) in [7, 11) is 2.11. The van der Waals surface area contributed by atoms with Crippen LogP contribution in [0.1, 0.15) is 35.7 Å². The largest absolute Gasteiger partial charge is 0.305 e. The van der Waals surface area contributed by atoms with E-state index in [0.717, 1.165) is 29.5 Å². The standard InChI is InChI=1S/C21H21N3O3/c1-21(10-23(2)11-21)14-7-6-13-18-12(14)4-3-5-15(18)24(20(13)27)16-8-9-17(25)22-19(16)26/h3-7,16H,8-11H2,1-2H3,(H,22,25,26). The van der Waals surface area contributed by atoms with Gasteiger partial charge in [0.1, 0.15) is 6.04 Å². The van der Waals surface area contributed by atoms with Crippen LogP contribution in [0.3, 0.4) is 0 Å². The highest BCUT2D eigenvalue weighted by atomic mass is 16.2. The Morgan fingerprint density at radius 1 is 1.11 bits per heavy atom. The van der Waals surface area contributed by atoms with Gasteiger partial charge in [-0.05, 0) is 36.6 Å². The van der Waals surface area contributed by atoms with E-state index in [1.807, 2.05) is 18.2 Å². The van der Waals surface area contributed by atoms with Gasteiger partial charge in [-0.25, -0.2) is 0 Å². The number of carbonyl (C=O) groups is 3. The van der Waals surface area contributed by atoms with Crippen molar-refractivity contribution < 1.29 is 14.4 Å². The summed E-state index contributed by atoms with van der Waals surface area (Å²) in [6, 6.07) is 9.26. The molecule has 2 aromatic rings. The molecule has 6 nitrogen and oxygen atoms in total. The summed E-state index contributed by atoms with van der Waals surface area (Å²) in [4.78, 5) is 40.9. The topological polar surface area (TPSA) is 69.7 Å². The number of imide groups is 1. The summed E-state index contributed by atoms with van der Waals surface area (Å²) >= 11 is 0. The predicted molar refractivity (Wildman–Crippen MR) is 102 cm³/mol. The number of rotatable bonds is 2. The first-order chi connectivity index (χ1) is 12.9. The van der Waals surface area contributed by atoms with Crippen molar-refractivity contribution in [1.29, 1.82) is 0 Å². The summed E-state index contributed by atoms with van der Waals surface area (Å²) in [5.41, 5.74) is 2.74. The van der Waals surface area contributed by atoms with Crippen molar-refractivity contribution in [2.24, 2.45) is 0 Å². The lowest BCUT2D eigenvalue weighted by Crippen LogP contribution is -2.55. The summed E-state index contributed by atoms with van der Waals surface area (Å²) in [5.74, 6) is -0.821. The third-order valence-corrected chi connectivity index (χ3v) is 6.14. The molecule has 0 aliphatic carbocycles. The number of nitrogens with zero attached hydrogens (tertiary/aromatic N) is 2. The average molecular weight is 363 g/mol. The van der Waals surface area contributed by atoms with Crippen LogP contribution in [0, 0.1) is 0 Å². The number of hydrogen-bond acceptors (Lipinski definition) is 4. The summed E-state index contributed by atoms with van der Waals surface area (Å²) in [6.07, 6.45) is 0.609. The quantitative estimate of drug-likeness (QED) is 0.826. The van der Waals surface area contributed by atoms with Gasteiger partial charge in [0, 0.05) is 35.9 Å². The van der Waals surface area contributed by atoms with E-state index in [1.54, 1.807) is 4.90 Å². The number of nitrogens with one attached hydrogen (secondary N) is 1. The van der Waals surface area contributed by atoms with Gasteiger partial charge in [-0.15, -0.1) is 0 Å². The van der Waals surface area contributed by atoms with Crippen molar-refractivity contribution in [3.05, 3.63) is 41.5 Å². The molecule has 3 heterocycles. The van der Waals surface area contributed by atoms with E-state index in [1.165, 1.54) is 5.56 Å². The Labute approximate surface area is 157 Å². The van der Waals surface area contributed by atoms with Crippen LogP contribution in [0.25, 0.3) is 10.8 Å². The fourth-order valence-electron chi connectivity index (χ4n) is 5.09. The van der Waals surface area contributed by atoms with Gasteiger partial charge < -0.3 is 4.90 Å². The molecule has 1 atom stereocenters. The number of piperidine rings is 1. The molecule has 1 unspecified atom stereocenters. The Kier molecular flexibility index (Phi) is 3.28. The SMILES string of the molecule is CN1CC(C)(c2ccc3c4c(cccc24)N(C2CCC(=O)NC2=O)C3=O)C1. The van der Waals surface area contributed by atoms with Gasteiger partial charge in [-0.1, -0.05) is 25.1 Å². The first-order valence-corrected chi connectivity index (χ1v) is 9.31. The van der Waals surface area contributed by atoms with Gasteiger partial charge in [0.25, 0.3) is 5.91 Å². The molecule has 3 aliphatic heterocycles. The number of likely N-dealkylation sites (tertiary alicyclic amines) is 1. The van der Waals surface area contributed by atoms with E-state index in [2.05, 4.69) is 36.3 Å². The molecular weight excluding hydrogens is 342 g/mol. The molecule has 3 aliphatic rings. The van der Waals surface area contributed by atoms with E-state index < -0.39 is 11.9 Å². The van der Waals surface area contributed by atoms with Crippen molar-refractivity contribution in [2.45, 2.75) is 31.2 Å². The summed E-state index contributed by atoms with van der Waals surface area (Å²) in [5, 5.41) is 4.38. The number of anilines is 1. The third kappa shape index (κ3) is 2.19. The van der Waals surface area contributed by atoms with Gasteiger partial charge in [-0.3, -0.25) is 24.6 Å². The molecule has 0 radical (unpaired) electrons. The Balaban J connectivity index is 1.65. The molecule has 5 rings (SSSR count). The first-order valence-electron chi connectivity index (χ1n) is 9.31. The van der Waals surface area contributed by atoms with E-state index in [0.29, 0.717) is 12.0 Å². The van der Waals surface area contributed by atoms with Gasteiger partial charge in [0.05, 0.1) is 5.69 Å². The highest BCUT2D eigenvalue weighted by Gasteiger charge is 2.43. The minimum absolute atomic E-state index is 0.0665. The van der Waals surface area contributed by atoms with Crippen molar-refractivity contribution in [2.75, 3.05) is 25.0 Å². The van der Waals surface area contributed by atoms with E-state index in [4.69, 9.17) is 0 Å². The molecule has 3 amide bonds. The molecule has 27 heavy (non-hydrogen) atoms. The minimum Gasteiger partial charge on any atom is -0.305 e. The Bertz CT molecular complexity index is 1020. The highest BCUT2D eigenvalue weighted by molar-refractivity contribution is 6.27. The van der Waals surface area contributed by atoms with Crippen LogP contribution in [-0.2, 0) is 15.0 Å². The van der Waals surface area contributed by atoms with Crippen LogP contribution in [-0.4, -0.2) is 48.8 Å². The molecular formula is C21H21N3O3. The Morgan fingerprint density at radius 2 is 1.89 bits per heavy atom. The highest BCUT2D eigenvalue weighted by Crippen LogP contribution is 2.45. The minimum atomic E-state index is -0.637. The van der Waals surface area contributed by atoms with Crippen LogP contribution < -0.4 is 10.2 Å². The van der Waals surface area contributed by atoms with Crippen molar-refractivity contribution in [3.8, 4) is 0 Å². The first kappa shape index (κ1) is 16.4. The van der Waals surface area contributed by atoms with E-state index >= 15 is 0 Å². The number of amides is 3. The second-order valence-corrected chi connectivity index (χ2v) is 8.24. The molecule has 0 bridgehead atoms. The molecule has 2 aromatic carbocycles. The maximum Gasteiger partial charge on any atom is 0.259 e. The fourth-order valence-corrected chi connectivity index (χ4v) is 5.09. The van der Waals surface area contributed by atoms with E-state index in [-0.39, 0.29) is 23.7 Å². The maximum atomic E-state index is 13.2. The number of hydrogen-bond donors (Lipinski definition) is 1. The third-order valence-electron chi connectivity index (χ3n) is 6.14. The Hall–Kier alpha value is -2.73. The summed E-state index contributed by atoms with van der Waals surface area (Å²) < 4.78 is 0. The van der Waals surface area contributed by atoms with Crippen LogP contribution in [0.15, 0.2) is 30.3 Å². The Morgan fingerprint density at radius 3 is 2.59 bits per heavy atom.